The van der Waals surface area contributed by atoms with E-state index in [2.05, 4.69) is 23.6 Å². The number of pyridine rings is 1. The summed E-state index contributed by atoms with van der Waals surface area (Å²) in [5.41, 5.74) is 7.05. The van der Waals surface area contributed by atoms with Crippen molar-refractivity contribution in [2.45, 2.75) is 63.5 Å². The van der Waals surface area contributed by atoms with E-state index >= 15 is 0 Å². The molecule has 4 nitrogen and oxygen atoms in total. The van der Waals surface area contributed by atoms with Gasteiger partial charge in [0.1, 0.15) is 0 Å². The normalized spacial score (nSPS) is 18.7. The molecule has 2 N–H and O–H groups in total. The average Bonchev–Trinajstić information content (AvgIpc) is 2.91. The maximum absolute atomic E-state index is 13.0. The predicted molar refractivity (Wildman–Crippen MR) is 147 cm³/mol. The molecule has 3 aromatic rings. The van der Waals surface area contributed by atoms with Crippen LogP contribution in [0, 0.1) is 0 Å². The SMILES string of the molecule is CC(CC(NCC(=O)c1ccccc1)C1NCCc2nc3c(cc21)CCCC3)c1ccc(Cl)c(Cl)c1. The first kappa shape index (κ1) is 25.4. The summed E-state index contributed by atoms with van der Waals surface area (Å²) >= 11 is 12.5. The van der Waals surface area contributed by atoms with E-state index in [-0.39, 0.29) is 30.3 Å². The number of aryl methyl sites for hydroxylation is 2. The number of hydrogen-bond donors (Lipinski definition) is 2. The molecule has 0 radical (unpaired) electrons. The Morgan fingerprint density at radius 2 is 1.83 bits per heavy atom. The first-order chi connectivity index (χ1) is 17.5. The molecular formula is C30H33Cl2N3O. The second-order valence-corrected chi connectivity index (χ2v) is 10.9. The maximum atomic E-state index is 13.0. The van der Waals surface area contributed by atoms with Crippen LogP contribution < -0.4 is 10.6 Å². The Morgan fingerprint density at radius 3 is 2.64 bits per heavy atom. The van der Waals surface area contributed by atoms with Crippen LogP contribution in [-0.2, 0) is 19.3 Å². The van der Waals surface area contributed by atoms with Crippen molar-refractivity contribution >= 4 is 29.0 Å². The van der Waals surface area contributed by atoms with Crippen LogP contribution in [0.5, 0.6) is 0 Å². The van der Waals surface area contributed by atoms with Crippen LogP contribution in [0.1, 0.15) is 76.6 Å². The van der Waals surface area contributed by atoms with E-state index in [1.165, 1.54) is 35.4 Å². The van der Waals surface area contributed by atoms with Gasteiger partial charge in [0, 0.05) is 42.0 Å². The summed E-state index contributed by atoms with van der Waals surface area (Å²) in [4.78, 5) is 18.1. The highest BCUT2D eigenvalue weighted by atomic mass is 35.5. The van der Waals surface area contributed by atoms with Gasteiger partial charge in [-0.3, -0.25) is 9.78 Å². The second kappa shape index (κ2) is 11.4. The summed E-state index contributed by atoms with van der Waals surface area (Å²) in [6, 6.07) is 17.9. The quantitative estimate of drug-likeness (QED) is 0.332. The van der Waals surface area contributed by atoms with Crippen LogP contribution in [0.4, 0.5) is 0 Å². The Labute approximate surface area is 223 Å². The molecule has 0 fully saturated rings. The average molecular weight is 523 g/mol. The Balaban J connectivity index is 1.42. The molecule has 0 saturated carbocycles. The lowest BCUT2D eigenvalue weighted by molar-refractivity contribution is 0.0983. The Hall–Kier alpha value is -2.24. The number of aromatic nitrogens is 1. The number of carbonyl (C=O) groups is 1. The van der Waals surface area contributed by atoms with Gasteiger partial charge in [-0.1, -0.05) is 72.6 Å². The van der Waals surface area contributed by atoms with Crippen molar-refractivity contribution in [3.05, 3.63) is 98.3 Å². The van der Waals surface area contributed by atoms with E-state index in [0.717, 1.165) is 43.4 Å². The van der Waals surface area contributed by atoms with Gasteiger partial charge in [0.25, 0.3) is 0 Å². The lowest BCUT2D eigenvalue weighted by atomic mass is 9.84. The molecule has 188 valence electrons. The molecule has 6 heteroatoms. The van der Waals surface area contributed by atoms with E-state index in [9.17, 15) is 4.79 Å². The number of fused-ring (bicyclic) bond motifs is 2. The zero-order chi connectivity index (χ0) is 25.1. The van der Waals surface area contributed by atoms with Gasteiger partial charge in [0.15, 0.2) is 5.78 Å². The third-order valence-corrected chi connectivity index (χ3v) is 8.36. The Bertz CT molecular complexity index is 1230. The van der Waals surface area contributed by atoms with Gasteiger partial charge in [-0.2, -0.15) is 0 Å². The van der Waals surface area contributed by atoms with Crippen LogP contribution in [0.3, 0.4) is 0 Å². The van der Waals surface area contributed by atoms with Gasteiger partial charge in [-0.15, -0.1) is 0 Å². The molecule has 3 unspecified atom stereocenters. The van der Waals surface area contributed by atoms with Crippen molar-refractivity contribution in [2.24, 2.45) is 0 Å². The van der Waals surface area contributed by atoms with Gasteiger partial charge in [-0.25, -0.2) is 0 Å². The topological polar surface area (TPSA) is 54.0 Å². The molecule has 0 amide bonds. The predicted octanol–water partition coefficient (Wildman–Crippen LogP) is 6.49. The van der Waals surface area contributed by atoms with Crippen molar-refractivity contribution in [2.75, 3.05) is 13.1 Å². The van der Waals surface area contributed by atoms with Crippen molar-refractivity contribution < 1.29 is 4.79 Å². The van der Waals surface area contributed by atoms with Crippen molar-refractivity contribution in [3.63, 3.8) is 0 Å². The van der Waals surface area contributed by atoms with Crippen molar-refractivity contribution in [3.8, 4) is 0 Å². The van der Waals surface area contributed by atoms with Crippen LogP contribution in [0.2, 0.25) is 10.0 Å². The third-order valence-electron chi connectivity index (χ3n) is 7.62. The summed E-state index contributed by atoms with van der Waals surface area (Å²) in [6.45, 7) is 3.38. The molecule has 1 aliphatic carbocycles. The molecule has 0 spiro atoms. The van der Waals surface area contributed by atoms with Gasteiger partial charge in [0.05, 0.1) is 16.6 Å². The minimum absolute atomic E-state index is 0.0459. The second-order valence-electron chi connectivity index (χ2n) is 10.1. The van der Waals surface area contributed by atoms with Crippen LogP contribution in [0.25, 0.3) is 0 Å². The molecule has 0 bridgehead atoms. The number of ketones is 1. The number of Topliss-reactive ketones (excluding diaryl/α,β-unsaturated/α-hetero) is 1. The molecule has 2 aliphatic rings. The van der Waals surface area contributed by atoms with E-state index in [1.807, 2.05) is 48.5 Å². The number of nitrogens with zero attached hydrogens (tertiary/aromatic N) is 1. The molecule has 36 heavy (non-hydrogen) atoms. The summed E-state index contributed by atoms with van der Waals surface area (Å²) in [5, 5.41) is 8.53. The largest absolute Gasteiger partial charge is 0.308 e. The molecule has 1 aliphatic heterocycles. The zero-order valence-corrected chi connectivity index (χ0v) is 22.2. The summed E-state index contributed by atoms with van der Waals surface area (Å²) < 4.78 is 0. The fraction of sp³-hybridized carbons (Fsp3) is 0.400. The lowest BCUT2D eigenvalue weighted by Gasteiger charge is -2.36. The monoisotopic (exact) mass is 521 g/mol. The standard InChI is InChI=1S/C30H33Cl2N3O/c1-19(21-11-12-24(31)25(32)17-21)15-28(34-18-29(36)20-7-3-2-4-8-20)30-23-16-22-9-5-6-10-26(22)35-27(23)13-14-33-30/h2-4,7-8,11-12,16-17,19,28,30,33-34H,5-6,9-10,13-15,18H2,1H3. The lowest BCUT2D eigenvalue weighted by Crippen LogP contribution is -2.47. The summed E-state index contributed by atoms with van der Waals surface area (Å²) in [5.74, 6) is 0.323. The fourth-order valence-corrected chi connectivity index (χ4v) is 5.91. The minimum Gasteiger partial charge on any atom is -0.308 e. The van der Waals surface area contributed by atoms with Gasteiger partial charge < -0.3 is 10.6 Å². The summed E-state index contributed by atoms with van der Waals surface area (Å²) in [6.07, 6.45) is 6.43. The number of rotatable bonds is 8. The zero-order valence-electron chi connectivity index (χ0n) is 20.7. The molecule has 0 saturated heterocycles. The minimum atomic E-state index is 0.0459. The highest BCUT2D eigenvalue weighted by molar-refractivity contribution is 6.42. The molecule has 2 aromatic carbocycles. The third kappa shape index (κ3) is 5.68. The van der Waals surface area contributed by atoms with Crippen LogP contribution in [0.15, 0.2) is 54.6 Å². The molecular weight excluding hydrogens is 489 g/mol. The smallest absolute Gasteiger partial charge is 0.176 e. The first-order valence-electron chi connectivity index (χ1n) is 13.0. The van der Waals surface area contributed by atoms with Gasteiger partial charge >= 0.3 is 0 Å². The molecule has 1 aromatic heterocycles. The van der Waals surface area contributed by atoms with Crippen LogP contribution >= 0.6 is 23.2 Å². The summed E-state index contributed by atoms with van der Waals surface area (Å²) in [7, 11) is 0. The van der Waals surface area contributed by atoms with Crippen molar-refractivity contribution in [1.29, 1.82) is 0 Å². The van der Waals surface area contributed by atoms with Gasteiger partial charge in [0.2, 0.25) is 0 Å². The van der Waals surface area contributed by atoms with Gasteiger partial charge in [-0.05, 0) is 66.8 Å². The first-order valence-corrected chi connectivity index (χ1v) is 13.8. The van der Waals surface area contributed by atoms with E-state index in [1.54, 1.807) is 0 Å². The number of benzene rings is 2. The molecule has 3 atom stereocenters. The fourth-order valence-electron chi connectivity index (χ4n) is 5.60. The van der Waals surface area contributed by atoms with E-state index in [4.69, 9.17) is 28.2 Å². The number of nitrogens with one attached hydrogen (secondary N) is 2. The Morgan fingerprint density at radius 1 is 1.03 bits per heavy atom. The molecule has 5 rings (SSSR count). The highest BCUT2D eigenvalue weighted by Gasteiger charge is 2.31. The molecule has 2 heterocycles. The van der Waals surface area contributed by atoms with E-state index < -0.39 is 0 Å². The van der Waals surface area contributed by atoms with E-state index in [0.29, 0.717) is 10.0 Å². The number of halogens is 2. The number of carbonyl (C=O) groups excluding carboxylic acids is 1. The Kier molecular flexibility index (Phi) is 8.07. The highest BCUT2D eigenvalue weighted by Crippen LogP contribution is 2.34. The van der Waals surface area contributed by atoms with Crippen LogP contribution in [-0.4, -0.2) is 29.9 Å². The van der Waals surface area contributed by atoms with Crippen molar-refractivity contribution in [1.82, 2.24) is 15.6 Å². The number of hydrogen-bond acceptors (Lipinski definition) is 4. The maximum Gasteiger partial charge on any atom is 0.176 e.